The molecule has 5 nitrogen and oxygen atoms in total. The van der Waals surface area contributed by atoms with Gasteiger partial charge in [-0.25, -0.2) is 8.42 Å². The average Bonchev–Trinajstić information content (AvgIpc) is 2.64. The van der Waals surface area contributed by atoms with Crippen molar-refractivity contribution in [2.24, 2.45) is 5.92 Å². The van der Waals surface area contributed by atoms with Gasteiger partial charge >= 0.3 is 0 Å². The van der Waals surface area contributed by atoms with Crippen LogP contribution in [-0.4, -0.2) is 31.7 Å². The number of nitrogens with zero attached hydrogens (tertiary/aromatic N) is 1. The van der Waals surface area contributed by atoms with Gasteiger partial charge in [-0.1, -0.05) is 22.9 Å². The highest BCUT2D eigenvalue weighted by Crippen LogP contribution is 2.24. The van der Waals surface area contributed by atoms with Crippen LogP contribution in [0.1, 0.15) is 35.7 Å². The third-order valence-corrected chi connectivity index (χ3v) is 7.34. The lowest BCUT2D eigenvalue weighted by Crippen LogP contribution is -2.37. The summed E-state index contributed by atoms with van der Waals surface area (Å²) in [4.78, 5) is 12.7. The summed E-state index contributed by atoms with van der Waals surface area (Å²) < 4.78 is 28.0. The molecule has 1 fully saturated rings. The number of carbonyl (C=O) groups is 1. The van der Waals surface area contributed by atoms with Crippen LogP contribution in [-0.2, 0) is 10.0 Å². The molecule has 27 heavy (non-hydrogen) atoms. The summed E-state index contributed by atoms with van der Waals surface area (Å²) in [5, 5.41) is 2.86. The van der Waals surface area contributed by atoms with Crippen molar-refractivity contribution in [1.82, 2.24) is 4.31 Å². The van der Waals surface area contributed by atoms with Crippen LogP contribution in [0.25, 0.3) is 0 Å². The molecule has 2 aromatic rings. The minimum absolute atomic E-state index is 0.230. The highest BCUT2D eigenvalue weighted by molar-refractivity contribution is 9.10. The average molecular weight is 451 g/mol. The zero-order valence-corrected chi connectivity index (χ0v) is 17.8. The second kappa shape index (κ2) is 8.12. The van der Waals surface area contributed by atoms with Crippen LogP contribution in [0.2, 0.25) is 0 Å². The summed E-state index contributed by atoms with van der Waals surface area (Å²) in [6.45, 7) is 5.16. The van der Waals surface area contributed by atoms with E-state index in [1.54, 1.807) is 12.1 Å². The Kier molecular flexibility index (Phi) is 6.03. The SMILES string of the molecule is Cc1cc(Br)ccc1NC(=O)c1ccc(S(=O)(=O)N2CCC(C)CC2)cc1. The molecule has 0 atom stereocenters. The highest BCUT2D eigenvalue weighted by atomic mass is 79.9. The summed E-state index contributed by atoms with van der Waals surface area (Å²) in [7, 11) is -3.50. The Morgan fingerprint density at radius 2 is 1.74 bits per heavy atom. The molecule has 144 valence electrons. The van der Waals surface area contributed by atoms with Gasteiger partial charge in [-0.2, -0.15) is 4.31 Å². The van der Waals surface area contributed by atoms with Gasteiger partial charge in [0.25, 0.3) is 5.91 Å². The third kappa shape index (κ3) is 4.59. The van der Waals surface area contributed by atoms with Gasteiger partial charge in [-0.05, 0) is 73.7 Å². The fraction of sp³-hybridized carbons (Fsp3) is 0.350. The van der Waals surface area contributed by atoms with Crippen molar-refractivity contribution in [3.8, 4) is 0 Å². The molecule has 0 spiro atoms. The Morgan fingerprint density at radius 3 is 2.33 bits per heavy atom. The van der Waals surface area contributed by atoms with E-state index in [0.717, 1.165) is 28.6 Å². The van der Waals surface area contributed by atoms with Gasteiger partial charge in [0, 0.05) is 28.8 Å². The van der Waals surface area contributed by atoms with E-state index in [-0.39, 0.29) is 10.8 Å². The second-order valence-electron chi connectivity index (χ2n) is 7.02. The fourth-order valence-electron chi connectivity index (χ4n) is 3.11. The van der Waals surface area contributed by atoms with Gasteiger partial charge in [-0.3, -0.25) is 4.79 Å². The number of anilines is 1. The van der Waals surface area contributed by atoms with E-state index in [9.17, 15) is 13.2 Å². The molecule has 0 bridgehead atoms. The molecular weight excluding hydrogens is 428 g/mol. The van der Waals surface area contributed by atoms with Crippen molar-refractivity contribution >= 4 is 37.5 Å². The Balaban J connectivity index is 1.73. The van der Waals surface area contributed by atoms with Crippen LogP contribution in [0.3, 0.4) is 0 Å². The summed E-state index contributed by atoms with van der Waals surface area (Å²) in [6.07, 6.45) is 1.76. The van der Waals surface area contributed by atoms with Crippen LogP contribution < -0.4 is 5.32 Å². The Hall–Kier alpha value is -1.70. The smallest absolute Gasteiger partial charge is 0.255 e. The molecular formula is C20H23BrN2O3S. The first-order valence-electron chi connectivity index (χ1n) is 8.95. The number of halogens is 1. The topological polar surface area (TPSA) is 66.5 Å². The van der Waals surface area contributed by atoms with Crippen molar-refractivity contribution in [3.63, 3.8) is 0 Å². The summed E-state index contributed by atoms with van der Waals surface area (Å²) in [5.41, 5.74) is 2.09. The normalized spacial score (nSPS) is 16.3. The maximum absolute atomic E-state index is 12.8. The van der Waals surface area contributed by atoms with Crippen molar-refractivity contribution in [2.45, 2.75) is 31.6 Å². The number of amides is 1. The molecule has 2 aromatic carbocycles. The molecule has 3 rings (SSSR count). The first kappa shape index (κ1) is 20.0. The lowest BCUT2D eigenvalue weighted by Gasteiger charge is -2.29. The second-order valence-corrected chi connectivity index (χ2v) is 9.88. The quantitative estimate of drug-likeness (QED) is 0.748. The van der Waals surface area contributed by atoms with Crippen molar-refractivity contribution < 1.29 is 13.2 Å². The minimum atomic E-state index is -3.50. The van der Waals surface area contributed by atoms with Gasteiger partial charge in [0.1, 0.15) is 0 Å². The third-order valence-electron chi connectivity index (χ3n) is 4.93. The number of piperidine rings is 1. The molecule has 1 saturated heterocycles. The minimum Gasteiger partial charge on any atom is -0.322 e. The number of benzene rings is 2. The van der Waals surface area contributed by atoms with Crippen LogP contribution in [0.15, 0.2) is 51.8 Å². The fourth-order valence-corrected chi connectivity index (χ4v) is 5.06. The molecule has 0 aromatic heterocycles. The van der Waals surface area contributed by atoms with Gasteiger partial charge < -0.3 is 5.32 Å². The molecule has 0 unspecified atom stereocenters. The van der Waals surface area contributed by atoms with Crippen molar-refractivity contribution in [1.29, 1.82) is 0 Å². The standard InChI is InChI=1S/C20H23BrN2O3S/c1-14-9-11-23(12-10-14)27(25,26)18-6-3-16(4-7-18)20(24)22-19-8-5-17(21)13-15(19)2/h3-8,13-14H,9-12H2,1-2H3,(H,22,24). The van der Waals surface area contributed by atoms with E-state index in [4.69, 9.17) is 0 Å². The molecule has 1 aliphatic heterocycles. The number of hydrogen-bond donors (Lipinski definition) is 1. The van der Waals surface area contributed by atoms with Crippen LogP contribution in [0.5, 0.6) is 0 Å². The summed E-state index contributed by atoms with van der Waals surface area (Å²) in [6, 6.07) is 11.7. The number of nitrogens with one attached hydrogen (secondary N) is 1. The number of carbonyl (C=O) groups excluding carboxylic acids is 1. The summed E-state index contributed by atoms with van der Waals surface area (Å²) >= 11 is 3.40. The van der Waals surface area contributed by atoms with E-state index >= 15 is 0 Å². The molecule has 1 aliphatic rings. The number of rotatable bonds is 4. The number of aryl methyl sites for hydroxylation is 1. The molecule has 0 radical (unpaired) electrons. The largest absolute Gasteiger partial charge is 0.322 e. The first-order chi connectivity index (χ1) is 12.8. The van der Waals surface area contributed by atoms with Crippen LogP contribution in [0.4, 0.5) is 5.69 Å². The van der Waals surface area contributed by atoms with E-state index in [0.29, 0.717) is 24.6 Å². The van der Waals surface area contributed by atoms with Gasteiger partial charge in [0.2, 0.25) is 10.0 Å². The molecule has 1 N–H and O–H groups in total. The van der Waals surface area contributed by atoms with E-state index in [1.807, 2.05) is 25.1 Å². The molecule has 1 heterocycles. The van der Waals surface area contributed by atoms with Gasteiger partial charge in [-0.15, -0.1) is 0 Å². The first-order valence-corrected chi connectivity index (χ1v) is 11.2. The maximum atomic E-state index is 12.8. The zero-order chi connectivity index (χ0) is 19.6. The predicted octanol–water partition coefficient (Wildman–Crippen LogP) is 4.43. The zero-order valence-electron chi connectivity index (χ0n) is 15.4. The monoisotopic (exact) mass is 450 g/mol. The number of sulfonamides is 1. The predicted molar refractivity (Wildman–Crippen MR) is 110 cm³/mol. The number of hydrogen-bond acceptors (Lipinski definition) is 3. The lowest BCUT2D eigenvalue weighted by atomic mass is 10.0. The Bertz CT molecular complexity index is 934. The van der Waals surface area contributed by atoms with E-state index in [2.05, 4.69) is 28.2 Å². The lowest BCUT2D eigenvalue weighted by molar-refractivity contribution is 0.102. The van der Waals surface area contributed by atoms with Crippen LogP contribution >= 0.6 is 15.9 Å². The highest BCUT2D eigenvalue weighted by Gasteiger charge is 2.28. The van der Waals surface area contributed by atoms with Crippen molar-refractivity contribution in [3.05, 3.63) is 58.1 Å². The Labute approximate surface area is 169 Å². The summed E-state index contributed by atoms with van der Waals surface area (Å²) in [5.74, 6) is 0.292. The molecule has 1 amide bonds. The Morgan fingerprint density at radius 1 is 1.11 bits per heavy atom. The van der Waals surface area contributed by atoms with Crippen LogP contribution in [0, 0.1) is 12.8 Å². The van der Waals surface area contributed by atoms with E-state index in [1.165, 1.54) is 16.4 Å². The van der Waals surface area contributed by atoms with E-state index < -0.39 is 10.0 Å². The molecule has 7 heteroatoms. The molecule has 0 aliphatic carbocycles. The molecule has 0 saturated carbocycles. The van der Waals surface area contributed by atoms with Crippen molar-refractivity contribution in [2.75, 3.05) is 18.4 Å². The maximum Gasteiger partial charge on any atom is 0.255 e. The van der Waals surface area contributed by atoms with Gasteiger partial charge in [0.05, 0.1) is 4.90 Å². The van der Waals surface area contributed by atoms with Gasteiger partial charge in [0.15, 0.2) is 0 Å².